The molecule has 0 aliphatic heterocycles. The van der Waals surface area contributed by atoms with Gasteiger partial charge >= 0.3 is 0 Å². The average molecular weight is 418 g/mol. The summed E-state index contributed by atoms with van der Waals surface area (Å²) in [7, 11) is 1.65. The van der Waals surface area contributed by atoms with E-state index in [0.29, 0.717) is 24.7 Å². The van der Waals surface area contributed by atoms with E-state index in [1.807, 2.05) is 36.6 Å². The first-order chi connectivity index (χ1) is 14.5. The number of ether oxygens (including phenoxy) is 3. The van der Waals surface area contributed by atoms with Crippen LogP contribution in [-0.4, -0.2) is 24.4 Å². The Labute approximate surface area is 181 Å². The molecule has 0 fully saturated rings. The maximum Gasteiger partial charge on any atom is 0.297 e. The molecule has 0 aliphatic carbocycles. The number of hydrogen-bond donors (Lipinski definition) is 0. The smallest absolute Gasteiger partial charge is 0.297 e. The van der Waals surface area contributed by atoms with Crippen LogP contribution in [0.1, 0.15) is 79.1 Å². The Hall–Kier alpha value is -2.17. The first kappa shape index (κ1) is 24.1. The summed E-state index contributed by atoms with van der Waals surface area (Å²) in [6.45, 7) is 9.50. The molecule has 5 nitrogen and oxygen atoms in total. The van der Waals surface area contributed by atoms with Crippen molar-refractivity contribution in [3.63, 3.8) is 0 Å². The molecule has 168 valence electrons. The quantitative estimate of drug-likeness (QED) is 0.337. The summed E-state index contributed by atoms with van der Waals surface area (Å²) in [4.78, 5) is 13.5. The molecular formula is C25H39NO4. The number of pyridine rings is 1. The van der Waals surface area contributed by atoms with Crippen molar-refractivity contribution >= 4 is 10.9 Å². The van der Waals surface area contributed by atoms with Gasteiger partial charge in [-0.3, -0.25) is 4.79 Å². The fraction of sp³-hybridized carbons (Fsp3) is 0.640. The van der Waals surface area contributed by atoms with E-state index in [1.54, 1.807) is 7.11 Å². The number of hydrogen-bond acceptors (Lipinski definition) is 4. The van der Waals surface area contributed by atoms with Crippen molar-refractivity contribution in [2.24, 2.45) is 0 Å². The van der Waals surface area contributed by atoms with Gasteiger partial charge in [0.2, 0.25) is 5.75 Å². The Balaban J connectivity index is 2.51. The lowest BCUT2D eigenvalue weighted by atomic mass is 10.1. The first-order valence-electron chi connectivity index (χ1n) is 11.6. The van der Waals surface area contributed by atoms with E-state index in [2.05, 4.69) is 13.8 Å². The molecule has 0 aliphatic rings. The molecule has 2 aromatic rings. The zero-order chi connectivity index (χ0) is 21.9. The third kappa shape index (κ3) is 6.41. The second-order valence-corrected chi connectivity index (χ2v) is 8.13. The molecule has 0 amide bonds. The van der Waals surface area contributed by atoms with E-state index >= 15 is 0 Å². The topological polar surface area (TPSA) is 49.7 Å². The molecule has 0 saturated heterocycles. The van der Waals surface area contributed by atoms with Crippen molar-refractivity contribution in [1.29, 1.82) is 0 Å². The van der Waals surface area contributed by atoms with Gasteiger partial charge in [-0.05, 0) is 38.8 Å². The minimum atomic E-state index is -0.121. The van der Waals surface area contributed by atoms with Crippen LogP contribution in [-0.2, 0) is 6.54 Å². The highest BCUT2D eigenvalue weighted by Gasteiger charge is 2.21. The third-order valence-electron chi connectivity index (χ3n) is 5.22. The standard InChI is InChI=1S/C25H39NO4/c1-6-8-10-12-16-26-22-18-20(28-5)14-15-21(22)23(29-17-13-11-9-7-2)24(25(26)27)30-19(3)4/h14-15,18-19H,6-13,16-17H2,1-5H3. The van der Waals surface area contributed by atoms with Gasteiger partial charge in [0.15, 0.2) is 5.75 Å². The second kappa shape index (κ2) is 12.5. The van der Waals surface area contributed by atoms with E-state index in [9.17, 15) is 4.79 Å². The number of unbranched alkanes of at least 4 members (excludes halogenated alkanes) is 6. The first-order valence-corrected chi connectivity index (χ1v) is 11.6. The molecule has 2 rings (SSSR count). The molecule has 0 bridgehead atoms. The van der Waals surface area contributed by atoms with Crippen molar-refractivity contribution in [1.82, 2.24) is 4.57 Å². The molecule has 5 heteroatoms. The summed E-state index contributed by atoms with van der Waals surface area (Å²) in [5.41, 5.74) is 0.722. The summed E-state index contributed by atoms with van der Waals surface area (Å²) < 4.78 is 19.4. The van der Waals surface area contributed by atoms with Crippen molar-refractivity contribution in [3.05, 3.63) is 28.6 Å². The van der Waals surface area contributed by atoms with Crippen LogP contribution >= 0.6 is 0 Å². The van der Waals surface area contributed by atoms with Gasteiger partial charge in [0, 0.05) is 18.0 Å². The zero-order valence-corrected chi connectivity index (χ0v) is 19.5. The van der Waals surface area contributed by atoms with Crippen molar-refractivity contribution in [2.45, 2.75) is 91.7 Å². The van der Waals surface area contributed by atoms with Gasteiger partial charge in [-0.15, -0.1) is 0 Å². The van der Waals surface area contributed by atoms with Gasteiger partial charge in [0.25, 0.3) is 5.56 Å². The maximum atomic E-state index is 13.5. The van der Waals surface area contributed by atoms with Gasteiger partial charge in [-0.2, -0.15) is 0 Å². The Morgan fingerprint density at radius 3 is 2.27 bits per heavy atom. The normalized spacial score (nSPS) is 11.3. The summed E-state index contributed by atoms with van der Waals surface area (Å²) in [5, 5.41) is 0.900. The number of fused-ring (bicyclic) bond motifs is 1. The molecular weight excluding hydrogens is 378 g/mol. The van der Waals surface area contributed by atoms with Gasteiger partial charge in [-0.25, -0.2) is 0 Å². The molecule has 0 saturated carbocycles. The van der Waals surface area contributed by atoms with E-state index in [-0.39, 0.29) is 11.7 Å². The number of rotatable bonds is 14. The number of methoxy groups -OCH3 is 1. The predicted octanol–water partition coefficient (Wildman–Crippen LogP) is 6.34. The van der Waals surface area contributed by atoms with E-state index in [0.717, 1.165) is 48.8 Å². The molecule has 1 heterocycles. The van der Waals surface area contributed by atoms with Crippen LogP contribution in [0, 0.1) is 0 Å². The van der Waals surface area contributed by atoms with Crippen LogP contribution in [0.25, 0.3) is 10.9 Å². The van der Waals surface area contributed by atoms with Gasteiger partial charge in [0.05, 0.1) is 25.3 Å². The van der Waals surface area contributed by atoms with E-state index < -0.39 is 0 Å². The SMILES string of the molecule is CCCCCCOc1c(OC(C)C)c(=O)n(CCCCCC)c2cc(OC)ccc12. The summed E-state index contributed by atoms with van der Waals surface area (Å²) in [6.07, 6.45) is 8.74. The minimum absolute atomic E-state index is 0.107. The fourth-order valence-corrected chi connectivity index (χ4v) is 3.61. The maximum absolute atomic E-state index is 13.5. The van der Waals surface area contributed by atoms with Crippen molar-refractivity contribution in [2.75, 3.05) is 13.7 Å². The van der Waals surface area contributed by atoms with E-state index in [1.165, 1.54) is 19.3 Å². The largest absolute Gasteiger partial charge is 0.497 e. The molecule has 0 unspecified atom stereocenters. The van der Waals surface area contributed by atoms with E-state index in [4.69, 9.17) is 14.2 Å². The highest BCUT2D eigenvalue weighted by Crippen LogP contribution is 2.35. The molecule has 30 heavy (non-hydrogen) atoms. The molecule has 0 N–H and O–H groups in total. The lowest BCUT2D eigenvalue weighted by molar-refractivity contribution is 0.216. The fourth-order valence-electron chi connectivity index (χ4n) is 3.61. The minimum Gasteiger partial charge on any atom is -0.497 e. The number of nitrogens with zero attached hydrogens (tertiary/aromatic N) is 1. The highest BCUT2D eigenvalue weighted by atomic mass is 16.5. The lowest BCUT2D eigenvalue weighted by Crippen LogP contribution is -2.25. The molecule has 1 aromatic carbocycles. The molecule has 0 radical (unpaired) electrons. The monoisotopic (exact) mass is 417 g/mol. The Bertz CT molecular complexity index is 841. The molecule has 0 atom stereocenters. The van der Waals surface area contributed by atoms with Crippen LogP contribution in [0.5, 0.6) is 17.2 Å². The van der Waals surface area contributed by atoms with Gasteiger partial charge in [0.1, 0.15) is 5.75 Å². The summed E-state index contributed by atoms with van der Waals surface area (Å²) in [5.74, 6) is 1.62. The molecule has 0 spiro atoms. The molecule has 1 aromatic heterocycles. The van der Waals surface area contributed by atoms with Crippen LogP contribution < -0.4 is 19.8 Å². The van der Waals surface area contributed by atoms with Crippen molar-refractivity contribution < 1.29 is 14.2 Å². The average Bonchev–Trinajstić information content (AvgIpc) is 2.74. The van der Waals surface area contributed by atoms with Crippen molar-refractivity contribution in [3.8, 4) is 17.2 Å². The summed E-state index contributed by atoms with van der Waals surface area (Å²) in [6, 6.07) is 5.82. The second-order valence-electron chi connectivity index (χ2n) is 8.13. The third-order valence-corrected chi connectivity index (χ3v) is 5.22. The summed E-state index contributed by atoms with van der Waals surface area (Å²) >= 11 is 0. The van der Waals surface area contributed by atoms with Crippen LogP contribution in [0.15, 0.2) is 23.0 Å². The Kier molecular flexibility index (Phi) is 10.0. The predicted molar refractivity (Wildman–Crippen MR) is 124 cm³/mol. The highest BCUT2D eigenvalue weighted by molar-refractivity contribution is 5.89. The van der Waals surface area contributed by atoms with Gasteiger partial charge < -0.3 is 18.8 Å². The Morgan fingerprint density at radius 2 is 1.63 bits per heavy atom. The van der Waals surface area contributed by atoms with Crippen LogP contribution in [0.2, 0.25) is 0 Å². The van der Waals surface area contributed by atoms with Crippen LogP contribution in [0.3, 0.4) is 0 Å². The lowest BCUT2D eigenvalue weighted by Gasteiger charge is -2.20. The van der Waals surface area contributed by atoms with Crippen LogP contribution in [0.4, 0.5) is 0 Å². The number of aromatic nitrogens is 1. The number of benzene rings is 1. The van der Waals surface area contributed by atoms with Gasteiger partial charge in [-0.1, -0.05) is 52.4 Å². The Morgan fingerprint density at radius 1 is 0.933 bits per heavy atom. The zero-order valence-electron chi connectivity index (χ0n) is 19.5. The number of aryl methyl sites for hydroxylation is 1.